The van der Waals surface area contributed by atoms with Crippen LogP contribution in [0, 0.1) is 0 Å². The fourth-order valence-corrected chi connectivity index (χ4v) is 3.78. The molecular formula is C18H22N6O3S. The van der Waals surface area contributed by atoms with Gasteiger partial charge in [-0.3, -0.25) is 4.57 Å². The minimum Gasteiger partial charge on any atom is -0.497 e. The van der Waals surface area contributed by atoms with E-state index >= 15 is 0 Å². The van der Waals surface area contributed by atoms with Crippen LogP contribution in [0.5, 0.6) is 5.75 Å². The standard InChI is InChI=1S/C18H22N6O3S/c1-3-24-17(23-8-10-26-11-9-23)21-22-18(24)28-12-15-19-20-16(27-15)13-4-6-14(25-2)7-5-13/h4-7H,3,8-12H2,1-2H3. The van der Waals surface area contributed by atoms with Crippen molar-refractivity contribution in [2.24, 2.45) is 0 Å². The second-order valence-electron chi connectivity index (χ2n) is 6.14. The van der Waals surface area contributed by atoms with E-state index in [4.69, 9.17) is 13.9 Å². The van der Waals surface area contributed by atoms with Crippen LogP contribution in [0.2, 0.25) is 0 Å². The number of hydrogen-bond acceptors (Lipinski definition) is 9. The predicted octanol–water partition coefficient (Wildman–Crippen LogP) is 2.49. The van der Waals surface area contributed by atoms with Gasteiger partial charge in [0.15, 0.2) is 5.16 Å². The Hall–Kier alpha value is -2.59. The van der Waals surface area contributed by atoms with Crippen molar-refractivity contribution in [3.8, 4) is 17.2 Å². The Kier molecular flexibility index (Phi) is 5.77. The molecule has 3 heterocycles. The average molecular weight is 402 g/mol. The third-order valence-electron chi connectivity index (χ3n) is 4.44. The van der Waals surface area contributed by atoms with Crippen molar-refractivity contribution in [1.29, 1.82) is 0 Å². The molecule has 1 saturated heterocycles. The summed E-state index contributed by atoms with van der Waals surface area (Å²) in [6, 6.07) is 7.52. The second-order valence-corrected chi connectivity index (χ2v) is 7.09. The van der Waals surface area contributed by atoms with Crippen molar-refractivity contribution in [2.45, 2.75) is 24.4 Å². The largest absolute Gasteiger partial charge is 0.497 e. The van der Waals surface area contributed by atoms with Gasteiger partial charge in [-0.1, -0.05) is 11.8 Å². The summed E-state index contributed by atoms with van der Waals surface area (Å²) in [6.45, 7) is 5.98. The summed E-state index contributed by atoms with van der Waals surface area (Å²) < 4.78 is 18.5. The summed E-state index contributed by atoms with van der Waals surface area (Å²) in [4.78, 5) is 2.21. The maximum absolute atomic E-state index is 5.79. The van der Waals surface area contributed by atoms with Gasteiger partial charge in [-0.15, -0.1) is 20.4 Å². The summed E-state index contributed by atoms with van der Waals surface area (Å²) in [5.74, 6) is 3.25. The van der Waals surface area contributed by atoms with E-state index in [1.807, 2.05) is 24.3 Å². The zero-order chi connectivity index (χ0) is 19.3. The van der Waals surface area contributed by atoms with Gasteiger partial charge in [0, 0.05) is 25.2 Å². The number of morpholine rings is 1. The molecule has 0 saturated carbocycles. The highest BCUT2D eigenvalue weighted by Crippen LogP contribution is 2.27. The van der Waals surface area contributed by atoms with Gasteiger partial charge in [0.1, 0.15) is 5.75 Å². The van der Waals surface area contributed by atoms with Gasteiger partial charge < -0.3 is 18.8 Å². The zero-order valence-corrected chi connectivity index (χ0v) is 16.7. The molecule has 4 rings (SSSR count). The molecule has 0 atom stereocenters. The van der Waals surface area contributed by atoms with E-state index in [-0.39, 0.29) is 0 Å². The van der Waals surface area contributed by atoms with Gasteiger partial charge in [0.25, 0.3) is 0 Å². The molecule has 0 amide bonds. The molecule has 0 spiro atoms. The Labute approximate surface area is 167 Å². The fourth-order valence-electron chi connectivity index (χ4n) is 2.95. The lowest BCUT2D eigenvalue weighted by Gasteiger charge is -2.27. The van der Waals surface area contributed by atoms with Gasteiger partial charge in [-0.25, -0.2) is 0 Å². The molecule has 28 heavy (non-hydrogen) atoms. The Morgan fingerprint density at radius 1 is 1.07 bits per heavy atom. The molecule has 3 aromatic rings. The van der Waals surface area contributed by atoms with Gasteiger partial charge in [-0.05, 0) is 31.2 Å². The lowest BCUT2D eigenvalue weighted by atomic mass is 10.2. The molecule has 1 aromatic carbocycles. The van der Waals surface area contributed by atoms with Crippen molar-refractivity contribution in [3.63, 3.8) is 0 Å². The molecule has 1 aliphatic rings. The van der Waals surface area contributed by atoms with Crippen LogP contribution in [0.3, 0.4) is 0 Å². The van der Waals surface area contributed by atoms with Gasteiger partial charge in [0.2, 0.25) is 17.7 Å². The number of aromatic nitrogens is 5. The number of thioether (sulfide) groups is 1. The van der Waals surface area contributed by atoms with E-state index in [0.717, 1.165) is 55.3 Å². The van der Waals surface area contributed by atoms with Crippen molar-refractivity contribution >= 4 is 17.7 Å². The average Bonchev–Trinajstić information content (AvgIpc) is 3.39. The Morgan fingerprint density at radius 2 is 1.86 bits per heavy atom. The molecule has 0 unspecified atom stereocenters. The Morgan fingerprint density at radius 3 is 2.57 bits per heavy atom. The monoisotopic (exact) mass is 402 g/mol. The molecule has 10 heteroatoms. The normalized spacial score (nSPS) is 14.4. The smallest absolute Gasteiger partial charge is 0.247 e. The molecule has 148 valence electrons. The Balaban J connectivity index is 1.43. The summed E-state index contributed by atoms with van der Waals surface area (Å²) in [7, 11) is 1.64. The van der Waals surface area contributed by atoms with Crippen molar-refractivity contribution in [1.82, 2.24) is 25.0 Å². The fraction of sp³-hybridized carbons (Fsp3) is 0.444. The maximum Gasteiger partial charge on any atom is 0.247 e. The highest BCUT2D eigenvalue weighted by Gasteiger charge is 2.20. The molecule has 0 bridgehead atoms. The van der Waals surface area contributed by atoms with E-state index in [9.17, 15) is 0 Å². The molecule has 0 aliphatic carbocycles. The topological polar surface area (TPSA) is 91.3 Å². The van der Waals surface area contributed by atoms with Gasteiger partial charge >= 0.3 is 0 Å². The van der Waals surface area contributed by atoms with Crippen LogP contribution in [-0.2, 0) is 17.0 Å². The number of methoxy groups -OCH3 is 1. The first-order valence-corrected chi connectivity index (χ1v) is 10.1. The van der Waals surface area contributed by atoms with Crippen LogP contribution < -0.4 is 9.64 Å². The Bertz CT molecular complexity index is 904. The maximum atomic E-state index is 5.79. The third kappa shape index (κ3) is 3.97. The highest BCUT2D eigenvalue weighted by molar-refractivity contribution is 7.98. The molecule has 9 nitrogen and oxygen atoms in total. The number of hydrogen-bond donors (Lipinski definition) is 0. The first-order valence-electron chi connectivity index (χ1n) is 9.14. The number of ether oxygens (including phenoxy) is 2. The molecule has 1 fully saturated rings. The lowest BCUT2D eigenvalue weighted by molar-refractivity contribution is 0.121. The third-order valence-corrected chi connectivity index (χ3v) is 5.39. The quantitative estimate of drug-likeness (QED) is 0.553. The summed E-state index contributed by atoms with van der Waals surface area (Å²) in [6.07, 6.45) is 0. The first-order chi connectivity index (χ1) is 13.8. The van der Waals surface area contributed by atoms with Crippen LogP contribution in [0.25, 0.3) is 11.5 Å². The van der Waals surface area contributed by atoms with Crippen LogP contribution in [0.1, 0.15) is 12.8 Å². The second kappa shape index (κ2) is 8.61. The molecular weight excluding hydrogens is 380 g/mol. The molecule has 2 aromatic heterocycles. The molecule has 0 N–H and O–H groups in total. The van der Waals surface area contributed by atoms with Crippen LogP contribution in [0.4, 0.5) is 5.95 Å². The predicted molar refractivity (Wildman–Crippen MR) is 105 cm³/mol. The van der Waals surface area contributed by atoms with Gasteiger partial charge in [-0.2, -0.15) is 0 Å². The van der Waals surface area contributed by atoms with E-state index in [1.165, 1.54) is 11.8 Å². The van der Waals surface area contributed by atoms with E-state index in [1.54, 1.807) is 7.11 Å². The van der Waals surface area contributed by atoms with Crippen molar-refractivity contribution in [3.05, 3.63) is 30.2 Å². The van der Waals surface area contributed by atoms with Crippen molar-refractivity contribution in [2.75, 3.05) is 38.3 Å². The number of nitrogens with zero attached hydrogens (tertiary/aromatic N) is 6. The highest BCUT2D eigenvalue weighted by atomic mass is 32.2. The summed E-state index contributed by atoms with van der Waals surface area (Å²) in [5, 5.41) is 17.9. The zero-order valence-electron chi connectivity index (χ0n) is 15.9. The van der Waals surface area contributed by atoms with E-state index in [0.29, 0.717) is 17.5 Å². The first kappa shape index (κ1) is 18.8. The molecule has 1 aliphatic heterocycles. The lowest BCUT2D eigenvalue weighted by Crippen LogP contribution is -2.38. The summed E-state index contributed by atoms with van der Waals surface area (Å²) in [5.41, 5.74) is 0.857. The van der Waals surface area contributed by atoms with Crippen LogP contribution in [0.15, 0.2) is 33.8 Å². The summed E-state index contributed by atoms with van der Waals surface area (Å²) >= 11 is 1.54. The number of benzene rings is 1. The minimum atomic E-state index is 0.490. The van der Waals surface area contributed by atoms with Crippen LogP contribution in [-0.4, -0.2) is 58.4 Å². The van der Waals surface area contributed by atoms with Gasteiger partial charge in [0.05, 0.1) is 26.1 Å². The van der Waals surface area contributed by atoms with E-state index in [2.05, 4.69) is 36.8 Å². The molecule has 0 radical (unpaired) electrons. The van der Waals surface area contributed by atoms with Crippen LogP contribution >= 0.6 is 11.8 Å². The SMILES string of the molecule is CCn1c(SCc2nnc(-c3ccc(OC)cc3)o2)nnc1N1CCOCC1. The van der Waals surface area contributed by atoms with E-state index < -0.39 is 0 Å². The minimum absolute atomic E-state index is 0.490. The van der Waals surface area contributed by atoms with Crippen molar-refractivity contribution < 1.29 is 13.9 Å². The number of anilines is 1. The number of rotatable bonds is 7.